The van der Waals surface area contributed by atoms with Crippen LogP contribution in [0.1, 0.15) is 35.7 Å². The topological polar surface area (TPSA) is 46.1 Å². The Hall–Kier alpha value is -3.01. The molecule has 0 saturated heterocycles. The molecule has 0 bridgehead atoms. The lowest BCUT2D eigenvalue weighted by Gasteiger charge is -2.19. The Morgan fingerprint density at radius 3 is 2.62 bits per heavy atom. The van der Waals surface area contributed by atoms with Crippen LogP contribution in [0.15, 0.2) is 60.9 Å². The van der Waals surface area contributed by atoms with Gasteiger partial charge in [-0.3, -0.25) is 9.78 Å². The molecule has 0 N–H and O–H groups in total. The maximum Gasteiger partial charge on any atom is 0.159 e. The van der Waals surface area contributed by atoms with Crippen molar-refractivity contribution in [2.24, 2.45) is 0 Å². The zero-order valence-corrected chi connectivity index (χ0v) is 14.6. The fraction of sp³-hybridized carbons (Fsp3) is 0.227. The van der Waals surface area contributed by atoms with Crippen molar-refractivity contribution in [1.82, 2.24) is 9.97 Å². The van der Waals surface area contributed by atoms with E-state index in [1.54, 1.807) is 13.1 Å². The predicted molar refractivity (Wildman–Crippen MR) is 102 cm³/mol. The summed E-state index contributed by atoms with van der Waals surface area (Å²) >= 11 is 0. The summed E-state index contributed by atoms with van der Waals surface area (Å²) in [5.41, 5.74) is 5.44. The van der Waals surface area contributed by atoms with Crippen molar-refractivity contribution >= 4 is 17.3 Å². The zero-order valence-electron chi connectivity index (χ0n) is 14.6. The summed E-state index contributed by atoms with van der Waals surface area (Å²) in [4.78, 5) is 23.2. The van der Waals surface area contributed by atoms with Gasteiger partial charge in [0.25, 0.3) is 0 Å². The van der Waals surface area contributed by atoms with E-state index in [4.69, 9.17) is 4.98 Å². The first-order valence-corrected chi connectivity index (χ1v) is 8.97. The molecule has 1 spiro atoms. The molecule has 4 nitrogen and oxygen atoms in total. The second-order valence-electron chi connectivity index (χ2n) is 7.27. The van der Waals surface area contributed by atoms with Crippen LogP contribution in [0.3, 0.4) is 0 Å². The number of ketones is 1. The Bertz CT molecular complexity index is 992. The number of aromatic nitrogens is 2. The minimum atomic E-state index is 0.1000. The summed E-state index contributed by atoms with van der Waals surface area (Å²) in [5.74, 6) is 1.03. The first kappa shape index (κ1) is 15.3. The van der Waals surface area contributed by atoms with Crippen molar-refractivity contribution in [2.75, 3.05) is 11.4 Å². The third kappa shape index (κ3) is 2.33. The molecule has 0 radical (unpaired) electrons. The third-order valence-electron chi connectivity index (χ3n) is 5.57. The second-order valence-corrected chi connectivity index (χ2v) is 7.27. The SMILES string of the molecule is CC(=O)c1ccc2c(c1)N(c1ccc(-c3ccccn3)cn1)CC21CC1. The van der Waals surface area contributed by atoms with Crippen LogP contribution in [0.4, 0.5) is 11.5 Å². The van der Waals surface area contributed by atoms with Crippen LogP contribution in [0.25, 0.3) is 11.3 Å². The summed E-state index contributed by atoms with van der Waals surface area (Å²) < 4.78 is 0. The smallest absolute Gasteiger partial charge is 0.159 e. The summed E-state index contributed by atoms with van der Waals surface area (Å²) in [6, 6.07) is 16.1. The van der Waals surface area contributed by atoms with Crippen LogP contribution < -0.4 is 4.90 Å². The summed E-state index contributed by atoms with van der Waals surface area (Å²) in [6.45, 7) is 2.56. The first-order chi connectivity index (χ1) is 12.7. The van der Waals surface area contributed by atoms with Gasteiger partial charge < -0.3 is 4.90 Å². The van der Waals surface area contributed by atoms with Gasteiger partial charge in [-0.1, -0.05) is 18.2 Å². The molecular formula is C22H19N3O. The number of nitrogens with zero attached hydrogens (tertiary/aromatic N) is 3. The second kappa shape index (κ2) is 5.49. The number of Topliss-reactive ketones (excluding diaryl/α,β-unsaturated/α-hetero) is 1. The van der Waals surface area contributed by atoms with E-state index in [0.717, 1.165) is 34.9 Å². The van der Waals surface area contributed by atoms with Gasteiger partial charge in [-0.15, -0.1) is 0 Å². The highest BCUT2D eigenvalue weighted by atomic mass is 16.1. The zero-order chi connectivity index (χ0) is 17.7. The van der Waals surface area contributed by atoms with Gasteiger partial charge in [0, 0.05) is 41.2 Å². The number of hydrogen-bond acceptors (Lipinski definition) is 4. The lowest BCUT2D eigenvalue weighted by atomic mass is 9.97. The van der Waals surface area contributed by atoms with E-state index in [9.17, 15) is 4.79 Å². The van der Waals surface area contributed by atoms with Gasteiger partial charge >= 0.3 is 0 Å². The Morgan fingerprint density at radius 1 is 1.08 bits per heavy atom. The molecule has 2 aromatic heterocycles. The van der Waals surface area contributed by atoms with Crippen LogP contribution >= 0.6 is 0 Å². The molecule has 3 heterocycles. The van der Waals surface area contributed by atoms with Gasteiger partial charge in [0.15, 0.2) is 5.78 Å². The quantitative estimate of drug-likeness (QED) is 0.657. The monoisotopic (exact) mass is 341 g/mol. The number of anilines is 2. The number of hydrogen-bond donors (Lipinski definition) is 0. The highest BCUT2D eigenvalue weighted by Crippen LogP contribution is 2.58. The molecule has 26 heavy (non-hydrogen) atoms. The lowest BCUT2D eigenvalue weighted by Crippen LogP contribution is -2.20. The molecule has 2 aliphatic rings. The van der Waals surface area contributed by atoms with E-state index in [-0.39, 0.29) is 11.2 Å². The standard InChI is InChI=1S/C22H19N3O/c1-15(26)16-5-7-18-20(12-16)25(14-22(18)9-10-22)21-8-6-17(13-24-21)19-4-2-3-11-23-19/h2-8,11-13H,9-10,14H2,1H3. The first-order valence-electron chi connectivity index (χ1n) is 8.97. The maximum absolute atomic E-state index is 11.8. The highest BCUT2D eigenvalue weighted by Gasteiger charge is 2.52. The molecule has 1 aliphatic carbocycles. The van der Waals surface area contributed by atoms with E-state index in [2.05, 4.69) is 28.1 Å². The van der Waals surface area contributed by atoms with E-state index in [1.807, 2.05) is 36.5 Å². The minimum absolute atomic E-state index is 0.1000. The molecule has 5 rings (SSSR count). The number of fused-ring (bicyclic) bond motifs is 2. The summed E-state index contributed by atoms with van der Waals surface area (Å²) in [5, 5.41) is 0. The molecule has 1 aromatic carbocycles. The van der Waals surface area contributed by atoms with Gasteiger partial charge in [0.05, 0.1) is 5.69 Å². The van der Waals surface area contributed by atoms with Crippen LogP contribution in [0.2, 0.25) is 0 Å². The molecular weight excluding hydrogens is 322 g/mol. The molecule has 0 unspecified atom stereocenters. The van der Waals surface area contributed by atoms with Gasteiger partial charge in [0.1, 0.15) is 5.82 Å². The van der Waals surface area contributed by atoms with E-state index in [0.29, 0.717) is 0 Å². The maximum atomic E-state index is 11.8. The molecule has 1 fully saturated rings. The van der Waals surface area contributed by atoms with E-state index < -0.39 is 0 Å². The normalized spacial score (nSPS) is 16.6. The number of rotatable bonds is 3. The van der Waals surface area contributed by atoms with Crippen molar-refractivity contribution in [3.8, 4) is 11.3 Å². The van der Waals surface area contributed by atoms with Crippen LogP contribution in [0, 0.1) is 0 Å². The van der Waals surface area contributed by atoms with Crippen molar-refractivity contribution < 1.29 is 4.79 Å². The molecule has 128 valence electrons. The molecule has 1 aliphatic heterocycles. The molecule has 1 saturated carbocycles. The fourth-order valence-electron chi connectivity index (χ4n) is 3.91. The van der Waals surface area contributed by atoms with Crippen LogP contribution in [-0.2, 0) is 5.41 Å². The third-order valence-corrected chi connectivity index (χ3v) is 5.57. The number of carbonyl (C=O) groups is 1. The Balaban J connectivity index is 1.54. The number of carbonyl (C=O) groups excluding carboxylic acids is 1. The average molecular weight is 341 g/mol. The predicted octanol–water partition coefficient (Wildman–Crippen LogP) is 4.53. The number of pyridine rings is 2. The molecule has 0 amide bonds. The van der Waals surface area contributed by atoms with E-state index in [1.165, 1.54) is 18.4 Å². The Kier molecular flexibility index (Phi) is 3.23. The minimum Gasteiger partial charge on any atom is -0.325 e. The Labute approximate surface area is 152 Å². The molecule has 3 aromatic rings. The Morgan fingerprint density at radius 2 is 1.96 bits per heavy atom. The van der Waals surface area contributed by atoms with Gasteiger partial charge in [-0.25, -0.2) is 4.98 Å². The van der Waals surface area contributed by atoms with Gasteiger partial charge in [-0.05, 0) is 55.7 Å². The van der Waals surface area contributed by atoms with Crippen LogP contribution in [0.5, 0.6) is 0 Å². The summed E-state index contributed by atoms with van der Waals surface area (Å²) in [7, 11) is 0. The van der Waals surface area contributed by atoms with Gasteiger partial charge in [-0.2, -0.15) is 0 Å². The highest BCUT2D eigenvalue weighted by molar-refractivity contribution is 5.96. The van der Waals surface area contributed by atoms with Gasteiger partial charge in [0.2, 0.25) is 0 Å². The largest absolute Gasteiger partial charge is 0.325 e. The van der Waals surface area contributed by atoms with Crippen molar-refractivity contribution in [1.29, 1.82) is 0 Å². The average Bonchev–Trinajstić information content (AvgIpc) is 3.39. The number of benzene rings is 1. The van der Waals surface area contributed by atoms with Crippen molar-refractivity contribution in [2.45, 2.75) is 25.2 Å². The lowest BCUT2D eigenvalue weighted by molar-refractivity contribution is 0.101. The van der Waals surface area contributed by atoms with Crippen molar-refractivity contribution in [3.63, 3.8) is 0 Å². The van der Waals surface area contributed by atoms with Crippen molar-refractivity contribution in [3.05, 3.63) is 72.1 Å². The fourth-order valence-corrected chi connectivity index (χ4v) is 3.91. The molecule has 4 heteroatoms. The van der Waals surface area contributed by atoms with E-state index >= 15 is 0 Å². The summed E-state index contributed by atoms with van der Waals surface area (Å²) in [6.07, 6.45) is 6.09. The van der Waals surface area contributed by atoms with Crippen LogP contribution in [-0.4, -0.2) is 22.3 Å². The molecule has 0 atom stereocenters.